The molecule has 3 heteroatoms. The largest absolute Gasteiger partial charge is 0.466 e. The predicted octanol–water partition coefficient (Wildman–Crippen LogP) is 6.78. The second-order valence-electron chi connectivity index (χ2n) is 5.50. The Morgan fingerprint density at radius 1 is 0.680 bits per heavy atom. The summed E-state index contributed by atoms with van der Waals surface area (Å²) in [4.78, 5) is 1.26. The van der Waals surface area contributed by atoms with E-state index < -0.39 is 0 Å². The molecule has 0 bridgehead atoms. The van der Waals surface area contributed by atoms with Gasteiger partial charge in [-0.25, -0.2) is 0 Å². The van der Waals surface area contributed by atoms with Crippen LogP contribution in [-0.4, -0.2) is 0 Å². The van der Waals surface area contributed by atoms with Gasteiger partial charge in [0.2, 0.25) is 0 Å². The van der Waals surface area contributed by atoms with Crippen molar-refractivity contribution in [2.24, 2.45) is 0 Å². The second kappa shape index (κ2) is 6.46. The van der Waals surface area contributed by atoms with E-state index in [-0.39, 0.29) is 10.5 Å². The van der Waals surface area contributed by atoms with Crippen LogP contribution in [0.15, 0.2) is 92.4 Å². The van der Waals surface area contributed by atoms with Gasteiger partial charge in [0.1, 0.15) is 11.5 Å². The van der Waals surface area contributed by atoms with Gasteiger partial charge in [0.15, 0.2) is 14.3 Å². The van der Waals surface area contributed by atoms with Crippen molar-refractivity contribution in [3.8, 4) is 16.4 Å². The first-order valence-electron chi connectivity index (χ1n) is 7.95. The third kappa shape index (κ3) is 2.69. The number of hydrogen-bond acceptors (Lipinski definition) is 2. The zero-order valence-electron chi connectivity index (χ0n) is 13.6. The third-order valence-electron chi connectivity index (χ3n) is 4.07. The first-order valence-corrected chi connectivity index (χ1v) is 9.17. The van der Waals surface area contributed by atoms with Crippen molar-refractivity contribution in [2.75, 3.05) is 0 Å². The van der Waals surface area contributed by atoms with E-state index in [9.17, 15) is 0 Å². The lowest BCUT2D eigenvalue weighted by molar-refractivity contribution is 0.483. The molecule has 1 unspecified atom stereocenters. The van der Waals surface area contributed by atoms with E-state index in [1.807, 2.05) is 18.2 Å². The van der Waals surface area contributed by atoms with Crippen LogP contribution < -0.4 is 9.47 Å². The normalized spacial score (nSPS) is 11.4. The van der Waals surface area contributed by atoms with Gasteiger partial charge in [-0.1, -0.05) is 25.3 Å². The Kier molecular flexibility index (Phi) is 4.00. The number of ether oxygens (including phenoxy) is 2. The van der Waals surface area contributed by atoms with Crippen molar-refractivity contribution in [3.63, 3.8) is 0 Å². The van der Waals surface area contributed by atoms with Gasteiger partial charge in [-0.3, -0.25) is 0 Å². The van der Waals surface area contributed by atoms with Crippen molar-refractivity contribution >= 4 is 30.6 Å². The molecule has 1 heterocycles. The molecule has 25 heavy (non-hydrogen) atoms. The molecule has 4 aromatic rings. The lowest BCUT2D eigenvalue weighted by Gasteiger charge is -1.99. The smallest absolute Gasteiger partial charge is 0.188 e. The van der Waals surface area contributed by atoms with Crippen molar-refractivity contribution in [1.82, 2.24) is 0 Å². The average Bonchev–Trinajstić information content (AvgIpc) is 2.97. The van der Waals surface area contributed by atoms with Gasteiger partial charge in [0.25, 0.3) is 0 Å². The molecule has 3 aromatic carbocycles. The number of rotatable bonds is 5. The Labute approximate surface area is 149 Å². The molecule has 0 spiro atoms. The van der Waals surface area contributed by atoms with Gasteiger partial charge in [0, 0.05) is 34.1 Å². The Morgan fingerprint density at radius 3 is 2.08 bits per heavy atom. The maximum atomic E-state index is 5.47. The highest BCUT2D eigenvalue weighted by atomic mass is 32.2. The van der Waals surface area contributed by atoms with E-state index in [1.54, 1.807) is 0 Å². The maximum Gasteiger partial charge on any atom is 0.188 e. The maximum absolute atomic E-state index is 5.47. The highest BCUT2D eigenvalue weighted by molar-refractivity contribution is 7.50. The van der Waals surface area contributed by atoms with Gasteiger partial charge in [-0.15, -0.1) is 0 Å². The van der Waals surface area contributed by atoms with Gasteiger partial charge < -0.3 is 9.47 Å². The fourth-order valence-corrected chi connectivity index (χ4v) is 5.42. The fourth-order valence-electron chi connectivity index (χ4n) is 3.06. The van der Waals surface area contributed by atoms with Crippen molar-refractivity contribution in [3.05, 3.63) is 92.4 Å². The number of thiophene rings is 1. The van der Waals surface area contributed by atoms with Crippen LogP contribution in [0.4, 0.5) is 0 Å². The predicted molar refractivity (Wildman–Crippen MR) is 107 cm³/mol. The second-order valence-corrected chi connectivity index (χ2v) is 7.46. The lowest BCUT2D eigenvalue weighted by Crippen LogP contribution is -1.80. The molecule has 0 saturated carbocycles. The van der Waals surface area contributed by atoms with Crippen LogP contribution in [0.25, 0.3) is 25.1 Å². The van der Waals surface area contributed by atoms with E-state index in [0.717, 1.165) is 11.5 Å². The third-order valence-corrected chi connectivity index (χ3v) is 6.40. The van der Waals surface area contributed by atoms with Crippen LogP contribution in [-0.2, 0) is 0 Å². The summed E-state index contributed by atoms with van der Waals surface area (Å²) < 4.78 is 13.5. The fraction of sp³-hybridized carbons (Fsp3) is 0. The van der Waals surface area contributed by atoms with Crippen LogP contribution in [0.3, 0.4) is 0 Å². The highest BCUT2D eigenvalue weighted by Crippen LogP contribution is 2.49. The molecule has 122 valence electrons. The van der Waals surface area contributed by atoms with Crippen LogP contribution in [0, 0.1) is 0 Å². The van der Waals surface area contributed by atoms with E-state index >= 15 is 0 Å². The number of hydrogen-bond donors (Lipinski definition) is 0. The van der Waals surface area contributed by atoms with Crippen LogP contribution in [0.2, 0.25) is 0 Å². The molecule has 0 aliphatic carbocycles. The summed E-state index contributed by atoms with van der Waals surface area (Å²) in [6.07, 6.45) is 2.90. The zero-order chi connectivity index (χ0) is 17.2. The van der Waals surface area contributed by atoms with Gasteiger partial charge >= 0.3 is 0 Å². The summed E-state index contributed by atoms with van der Waals surface area (Å²) in [5.41, 5.74) is 0. The molecular weight excluding hydrogens is 328 g/mol. The molecule has 2 nitrogen and oxygen atoms in total. The van der Waals surface area contributed by atoms with Crippen molar-refractivity contribution < 1.29 is 9.47 Å². The molecule has 4 rings (SSSR count). The SMILES string of the molecule is C=COc1ccc(-[s+]2c3ccccc3c3cc(OC=C)ccc32)cc1. The molecule has 1 atom stereocenters. The van der Waals surface area contributed by atoms with E-state index in [4.69, 9.17) is 9.47 Å². The van der Waals surface area contributed by atoms with Gasteiger partial charge in [-0.05, 0) is 36.4 Å². The molecule has 0 aliphatic heterocycles. The van der Waals surface area contributed by atoms with Gasteiger partial charge in [0.05, 0.1) is 17.9 Å². The van der Waals surface area contributed by atoms with Crippen molar-refractivity contribution in [1.29, 1.82) is 0 Å². The molecule has 1 aromatic heterocycles. The first kappa shape index (κ1) is 15.5. The molecule has 0 radical (unpaired) electrons. The summed E-state index contributed by atoms with van der Waals surface area (Å²) in [5.74, 6) is 1.61. The lowest BCUT2D eigenvalue weighted by atomic mass is 10.1. The Hall–Kier alpha value is -3.04. The topological polar surface area (TPSA) is 18.5 Å². The molecule has 0 N–H and O–H groups in total. The standard InChI is InChI=1S/C22H17O2S/c1-3-23-16-9-12-18(13-10-16)25-21-8-6-5-7-19(21)20-15-17(24-4-2)11-14-22(20)25/h3-15H,1-2H2/q+1. The van der Waals surface area contributed by atoms with Crippen LogP contribution >= 0.6 is 10.5 Å². The molecule has 0 fully saturated rings. The first-order chi connectivity index (χ1) is 12.3. The highest BCUT2D eigenvalue weighted by Gasteiger charge is 2.23. The Balaban J connectivity index is 1.97. The number of fused-ring (bicyclic) bond motifs is 3. The minimum absolute atomic E-state index is 0.128. The molecule has 0 saturated heterocycles. The minimum atomic E-state index is -0.128. The minimum Gasteiger partial charge on any atom is -0.466 e. The Morgan fingerprint density at radius 2 is 1.32 bits per heavy atom. The average molecular weight is 345 g/mol. The molecular formula is C22H17O2S+. The summed E-state index contributed by atoms with van der Waals surface area (Å²) >= 11 is 0. The van der Waals surface area contributed by atoms with Gasteiger partial charge in [-0.2, -0.15) is 0 Å². The van der Waals surface area contributed by atoms with E-state index in [2.05, 4.69) is 61.7 Å². The van der Waals surface area contributed by atoms with Crippen molar-refractivity contribution in [2.45, 2.75) is 0 Å². The summed E-state index contributed by atoms with van der Waals surface area (Å²) in [7, 11) is -0.128. The van der Waals surface area contributed by atoms with E-state index in [0.29, 0.717) is 0 Å². The zero-order valence-corrected chi connectivity index (χ0v) is 14.5. The summed E-state index contributed by atoms with van der Waals surface area (Å²) in [5, 5.41) is 2.49. The summed E-state index contributed by atoms with van der Waals surface area (Å²) in [6.45, 7) is 7.24. The number of benzene rings is 3. The van der Waals surface area contributed by atoms with Crippen LogP contribution in [0.5, 0.6) is 11.5 Å². The molecule has 0 aliphatic rings. The summed E-state index contributed by atoms with van der Waals surface area (Å²) in [6, 6.07) is 23.0. The van der Waals surface area contributed by atoms with E-state index in [1.165, 1.54) is 37.6 Å². The van der Waals surface area contributed by atoms with Crippen LogP contribution in [0.1, 0.15) is 0 Å². The quantitative estimate of drug-likeness (QED) is 0.293. The Bertz CT molecular complexity index is 1070. The monoisotopic (exact) mass is 345 g/mol. The molecule has 0 amide bonds.